The maximum absolute atomic E-state index is 14.5. The number of aromatic nitrogens is 2. The molecule has 1 aliphatic rings. The maximum Gasteiger partial charge on any atom is 0.176 e. The first kappa shape index (κ1) is 20.5. The molecule has 5 rings (SSSR count). The molecule has 5 nitrogen and oxygen atoms in total. The third-order valence-corrected chi connectivity index (χ3v) is 6.08. The number of nitrogens with one attached hydrogen (secondary N) is 1. The zero-order valence-corrected chi connectivity index (χ0v) is 18.0. The van der Waals surface area contributed by atoms with Crippen molar-refractivity contribution in [3.8, 4) is 33.7 Å². The lowest BCUT2D eigenvalue weighted by Crippen LogP contribution is -2.44. The van der Waals surface area contributed by atoms with Gasteiger partial charge in [0.1, 0.15) is 0 Å². The number of hydrogen-bond acceptors (Lipinski definition) is 4. The van der Waals surface area contributed by atoms with E-state index >= 15 is 0 Å². The van der Waals surface area contributed by atoms with Crippen molar-refractivity contribution < 1.29 is 13.3 Å². The van der Waals surface area contributed by atoms with E-state index in [1.165, 1.54) is 17.8 Å². The van der Waals surface area contributed by atoms with E-state index in [4.69, 9.17) is 4.52 Å². The number of H-pyrrole nitrogens is 1. The molecule has 0 atom stereocenters. The Morgan fingerprint density at radius 2 is 1.72 bits per heavy atom. The number of aryl methyl sites for hydroxylation is 1. The molecule has 3 heterocycles. The molecule has 0 amide bonds. The summed E-state index contributed by atoms with van der Waals surface area (Å²) in [5.41, 5.74) is 4.97. The number of anilines is 1. The molecule has 1 aliphatic heterocycles. The molecule has 2 aromatic heterocycles. The van der Waals surface area contributed by atoms with E-state index in [1.807, 2.05) is 6.07 Å². The Balaban J connectivity index is 1.43. The monoisotopic (exact) mass is 434 g/mol. The second-order valence-corrected chi connectivity index (χ2v) is 8.21. The largest absolute Gasteiger partial charge is 0.369 e. The molecule has 0 spiro atoms. The lowest BCUT2D eigenvalue weighted by Gasteiger charge is -2.34. The Hall–Kier alpha value is -3.45. The summed E-state index contributed by atoms with van der Waals surface area (Å²) in [7, 11) is 2.15. The number of benzene rings is 2. The van der Waals surface area contributed by atoms with Gasteiger partial charge in [-0.15, -0.1) is 0 Å². The first-order valence-corrected chi connectivity index (χ1v) is 10.6. The van der Waals surface area contributed by atoms with E-state index in [-0.39, 0.29) is 5.56 Å². The van der Waals surface area contributed by atoms with Crippen LogP contribution in [0.2, 0.25) is 0 Å². The molecule has 164 valence electrons. The van der Waals surface area contributed by atoms with Crippen LogP contribution in [0.25, 0.3) is 33.7 Å². The van der Waals surface area contributed by atoms with Gasteiger partial charge < -0.3 is 19.3 Å². The maximum atomic E-state index is 14.5. The molecule has 1 N–H and O–H groups in total. The van der Waals surface area contributed by atoms with Crippen LogP contribution >= 0.6 is 0 Å². The van der Waals surface area contributed by atoms with E-state index in [2.05, 4.69) is 51.3 Å². The van der Waals surface area contributed by atoms with Crippen LogP contribution in [0.4, 0.5) is 14.5 Å². The molecule has 32 heavy (non-hydrogen) atoms. The highest BCUT2D eigenvalue weighted by atomic mass is 19.2. The number of aromatic amines is 1. The molecule has 2 aromatic carbocycles. The fourth-order valence-corrected chi connectivity index (χ4v) is 4.19. The van der Waals surface area contributed by atoms with Gasteiger partial charge >= 0.3 is 0 Å². The van der Waals surface area contributed by atoms with Crippen LogP contribution in [-0.4, -0.2) is 48.3 Å². The van der Waals surface area contributed by atoms with E-state index in [0.29, 0.717) is 17.0 Å². The van der Waals surface area contributed by atoms with Crippen molar-refractivity contribution in [1.29, 1.82) is 0 Å². The Kier molecular flexibility index (Phi) is 5.27. The van der Waals surface area contributed by atoms with Gasteiger partial charge in [0.05, 0.1) is 11.3 Å². The van der Waals surface area contributed by atoms with Crippen LogP contribution in [-0.2, 0) is 0 Å². The molecule has 7 heteroatoms. The predicted octanol–water partition coefficient (Wildman–Crippen LogP) is 5.34. The van der Waals surface area contributed by atoms with Crippen molar-refractivity contribution in [3.63, 3.8) is 0 Å². The summed E-state index contributed by atoms with van der Waals surface area (Å²) >= 11 is 0. The molecule has 0 bridgehead atoms. The fourth-order valence-electron chi connectivity index (χ4n) is 4.19. The second-order valence-electron chi connectivity index (χ2n) is 8.21. The van der Waals surface area contributed by atoms with Gasteiger partial charge in [0.15, 0.2) is 17.4 Å². The molecular weight excluding hydrogens is 410 g/mol. The molecule has 0 aliphatic carbocycles. The number of halogens is 2. The number of likely N-dealkylation sites (N-methyl/N-ethyl adjacent to an activating group) is 1. The lowest BCUT2D eigenvalue weighted by atomic mass is 10.00. The van der Waals surface area contributed by atoms with E-state index < -0.39 is 11.6 Å². The summed E-state index contributed by atoms with van der Waals surface area (Å²) in [4.78, 5) is 7.99. The quantitative estimate of drug-likeness (QED) is 0.471. The minimum Gasteiger partial charge on any atom is -0.369 e. The van der Waals surface area contributed by atoms with Crippen molar-refractivity contribution in [2.45, 2.75) is 6.92 Å². The van der Waals surface area contributed by atoms with Gasteiger partial charge in [-0.25, -0.2) is 8.78 Å². The summed E-state index contributed by atoms with van der Waals surface area (Å²) in [5.74, 6) is -1.40. The third kappa shape index (κ3) is 3.69. The average molecular weight is 434 g/mol. The first-order valence-electron chi connectivity index (χ1n) is 10.6. The smallest absolute Gasteiger partial charge is 0.176 e. The van der Waals surface area contributed by atoms with Gasteiger partial charge in [0, 0.05) is 54.9 Å². The van der Waals surface area contributed by atoms with Crippen LogP contribution in [0.15, 0.2) is 59.3 Å². The third-order valence-electron chi connectivity index (χ3n) is 6.08. The van der Waals surface area contributed by atoms with Gasteiger partial charge in [-0.1, -0.05) is 29.4 Å². The molecular formula is C25H24F2N4O. The van der Waals surface area contributed by atoms with Crippen LogP contribution in [0, 0.1) is 18.6 Å². The minimum absolute atomic E-state index is 0.137. The van der Waals surface area contributed by atoms with Crippen molar-refractivity contribution in [1.82, 2.24) is 15.0 Å². The van der Waals surface area contributed by atoms with Crippen LogP contribution in [0.3, 0.4) is 0 Å². The minimum atomic E-state index is -0.907. The van der Waals surface area contributed by atoms with Crippen LogP contribution in [0.1, 0.15) is 5.69 Å². The Labute approximate surface area is 185 Å². The highest BCUT2D eigenvalue weighted by molar-refractivity contribution is 5.83. The summed E-state index contributed by atoms with van der Waals surface area (Å²) in [5, 5.41) is 4.00. The zero-order chi connectivity index (χ0) is 22.2. The highest BCUT2D eigenvalue weighted by Gasteiger charge is 2.22. The SMILES string of the molecule is Cc1noc(-c2c[nH]c(-c3ccc(N4CCN(C)CC4)cc3)c2)c1-c1cccc(F)c1F. The predicted molar refractivity (Wildman–Crippen MR) is 122 cm³/mol. The van der Waals surface area contributed by atoms with Crippen LogP contribution < -0.4 is 4.90 Å². The lowest BCUT2D eigenvalue weighted by molar-refractivity contribution is 0.313. The summed E-state index contributed by atoms with van der Waals surface area (Å²) in [6.45, 7) is 5.88. The Morgan fingerprint density at radius 1 is 0.969 bits per heavy atom. The van der Waals surface area contributed by atoms with Crippen molar-refractivity contribution in [2.24, 2.45) is 0 Å². The number of piperazine rings is 1. The Morgan fingerprint density at radius 3 is 2.47 bits per heavy atom. The van der Waals surface area contributed by atoms with Crippen molar-refractivity contribution >= 4 is 5.69 Å². The molecule has 4 aromatic rings. The van der Waals surface area contributed by atoms with Gasteiger partial charge in [-0.2, -0.15) is 0 Å². The van der Waals surface area contributed by atoms with E-state index in [9.17, 15) is 8.78 Å². The molecule has 0 radical (unpaired) electrons. The number of nitrogens with zero attached hydrogens (tertiary/aromatic N) is 3. The van der Waals surface area contributed by atoms with E-state index in [0.717, 1.165) is 49.1 Å². The highest BCUT2D eigenvalue weighted by Crippen LogP contribution is 2.38. The van der Waals surface area contributed by atoms with Gasteiger partial charge in [-0.3, -0.25) is 0 Å². The van der Waals surface area contributed by atoms with Crippen molar-refractivity contribution in [3.05, 3.63) is 72.1 Å². The average Bonchev–Trinajstić information content (AvgIpc) is 3.43. The summed E-state index contributed by atoms with van der Waals surface area (Å²) in [6, 6.07) is 14.5. The van der Waals surface area contributed by atoms with Gasteiger partial charge in [0.25, 0.3) is 0 Å². The zero-order valence-electron chi connectivity index (χ0n) is 18.0. The molecule has 1 saturated heterocycles. The second kappa shape index (κ2) is 8.24. The van der Waals surface area contributed by atoms with Gasteiger partial charge in [-0.05, 0) is 43.8 Å². The van der Waals surface area contributed by atoms with Gasteiger partial charge in [0.2, 0.25) is 0 Å². The molecule has 0 unspecified atom stereocenters. The molecule has 1 fully saturated rings. The van der Waals surface area contributed by atoms with E-state index in [1.54, 1.807) is 13.1 Å². The fraction of sp³-hybridized carbons (Fsp3) is 0.240. The summed E-state index contributed by atoms with van der Waals surface area (Å²) < 4.78 is 33.8. The normalized spacial score (nSPS) is 14.8. The first-order chi connectivity index (χ1) is 15.5. The number of rotatable bonds is 4. The number of hydrogen-bond donors (Lipinski definition) is 1. The summed E-state index contributed by atoms with van der Waals surface area (Å²) in [6.07, 6.45) is 1.80. The molecule has 0 saturated carbocycles. The van der Waals surface area contributed by atoms with Crippen molar-refractivity contribution in [2.75, 3.05) is 38.1 Å². The Bertz CT molecular complexity index is 1240. The topological polar surface area (TPSA) is 48.3 Å². The van der Waals surface area contributed by atoms with Crippen LogP contribution in [0.5, 0.6) is 0 Å². The standard InChI is InChI=1S/C25H24F2N4O/c1-16-23(20-4-3-5-21(26)24(20)27)25(32-29-16)18-14-22(28-15-18)17-6-8-19(9-7-17)31-12-10-30(2)11-13-31/h3-9,14-15,28H,10-13H2,1-2H3.